The molecule has 0 amide bonds. The van der Waals surface area contributed by atoms with Crippen molar-refractivity contribution in [2.45, 2.75) is 0 Å². The second-order valence-electron chi connectivity index (χ2n) is 3.02. The van der Waals surface area contributed by atoms with Gasteiger partial charge in [-0.15, -0.1) is 0 Å². The number of aromatic nitrogens is 3. The van der Waals surface area contributed by atoms with E-state index in [0.717, 1.165) is 10.2 Å². The van der Waals surface area contributed by atoms with Crippen LogP contribution in [0.3, 0.4) is 0 Å². The number of nitrogens with zero attached hydrogens (tertiary/aromatic N) is 3. The molecular weight excluding hydrogens is 214 g/mol. The lowest BCUT2D eigenvalue weighted by atomic mass is 10.3. The highest BCUT2D eigenvalue weighted by Gasteiger charge is 2.13. The van der Waals surface area contributed by atoms with Gasteiger partial charge in [-0.2, -0.15) is 0 Å². The van der Waals surface area contributed by atoms with Gasteiger partial charge in [0, 0.05) is 18.6 Å². The second kappa shape index (κ2) is 3.47. The Bertz CT molecular complexity index is 560. The molecule has 0 N–H and O–H groups in total. The summed E-state index contributed by atoms with van der Waals surface area (Å²) in [6, 6.07) is 5.25. The fourth-order valence-electron chi connectivity index (χ4n) is 1.23. The molecule has 0 spiro atoms. The zero-order chi connectivity index (χ0) is 10.9. The Labute approximate surface area is 87.5 Å². The SMILES string of the molecule is CS(=O)(=O)n1ccnc1-c1ccccn1. The molecule has 0 aliphatic carbocycles. The van der Waals surface area contributed by atoms with Crippen LogP contribution in [0.2, 0.25) is 0 Å². The summed E-state index contributed by atoms with van der Waals surface area (Å²) in [5, 5.41) is 0. The minimum atomic E-state index is -3.32. The maximum absolute atomic E-state index is 11.4. The van der Waals surface area contributed by atoms with Gasteiger partial charge in [0.1, 0.15) is 5.69 Å². The van der Waals surface area contributed by atoms with Crippen LogP contribution < -0.4 is 0 Å². The van der Waals surface area contributed by atoms with E-state index in [1.165, 1.54) is 12.4 Å². The molecular formula is C9H9N3O2S. The van der Waals surface area contributed by atoms with Gasteiger partial charge in [-0.3, -0.25) is 4.98 Å². The first kappa shape index (κ1) is 9.85. The molecule has 0 aromatic carbocycles. The van der Waals surface area contributed by atoms with E-state index in [2.05, 4.69) is 9.97 Å². The third kappa shape index (κ3) is 1.89. The molecule has 6 heteroatoms. The fraction of sp³-hybridized carbons (Fsp3) is 0.111. The van der Waals surface area contributed by atoms with Crippen molar-refractivity contribution in [2.24, 2.45) is 0 Å². The van der Waals surface area contributed by atoms with Gasteiger partial charge >= 0.3 is 0 Å². The smallest absolute Gasteiger partial charge is 0.237 e. The van der Waals surface area contributed by atoms with Gasteiger partial charge in [-0.1, -0.05) is 6.07 Å². The Morgan fingerprint density at radius 2 is 2.00 bits per heavy atom. The lowest BCUT2D eigenvalue weighted by Gasteiger charge is -2.03. The standard InChI is InChI=1S/C9H9N3O2S/c1-15(13,14)12-7-6-11-9(12)8-4-2-3-5-10-8/h2-7H,1H3. The summed E-state index contributed by atoms with van der Waals surface area (Å²) in [5.74, 6) is 0.332. The lowest BCUT2D eigenvalue weighted by molar-refractivity contribution is 0.594. The van der Waals surface area contributed by atoms with E-state index < -0.39 is 10.0 Å². The molecule has 0 radical (unpaired) electrons. The highest BCUT2D eigenvalue weighted by atomic mass is 32.2. The molecule has 78 valence electrons. The summed E-state index contributed by atoms with van der Waals surface area (Å²) in [7, 11) is -3.32. The predicted molar refractivity (Wildman–Crippen MR) is 55.7 cm³/mol. The van der Waals surface area contributed by atoms with Crippen LogP contribution in [0.4, 0.5) is 0 Å². The van der Waals surface area contributed by atoms with Crippen LogP contribution in [0.25, 0.3) is 11.5 Å². The first-order valence-corrected chi connectivity index (χ1v) is 6.09. The average molecular weight is 223 g/mol. The Morgan fingerprint density at radius 1 is 1.20 bits per heavy atom. The van der Waals surface area contributed by atoms with Gasteiger partial charge < -0.3 is 0 Å². The topological polar surface area (TPSA) is 64.8 Å². The molecule has 0 saturated carbocycles. The zero-order valence-corrected chi connectivity index (χ0v) is 8.85. The van der Waals surface area contributed by atoms with Crippen LogP contribution in [0, 0.1) is 0 Å². The summed E-state index contributed by atoms with van der Waals surface area (Å²) >= 11 is 0. The molecule has 2 heterocycles. The lowest BCUT2D eigenvalue weighted by Crippen LogP contribution is -2.10. The molecule has 2 aromatic heterocycles. The first-order valence-electron chi connectivity index (χ1n) is 4.24. The Kier molecular flexibility index (Phi) is 2.28. The van der Waals surface area contributed by atoms with Crippen molar-refractivity contribution >= 4 is 10.0 Å². The number of imidazole rings is 1. The maximum atomic E-state index is 11.4. The fourth-order valence-corrected chi connectivity index (χ4v) is 1.96. The molecule has 5 nitrogen and oxygen atoms in total. The van der Waals surface area contributed by atoms with E-state index in [1.54, 1.807) is 24.4 Å². The number of pyridine rings is 1. The summed E-state index contributed by atoms with van der Waals surface area (Å²) < 4.78 is 23.9. The van der Waals surface area contributed by atoms with Crippen molar-refractivity contribution in [2.75, 3.05) is 6.26 Å². The molecule has 0 bridgehead atoms. The molecule has 0 aliphatic heterocycles. The largest absolute Gasteiger partial charge is 0.253 e. The molecule has 0 atom stereocenters. The normalized spacial score (nSPS) is 11.5. The van der Waals surface area contributed by atoms with Crippen molar-refractivity contribution in [1.29, 1.82) is 0 Å². The average Bonchev–Trinajstić information content (AvgIpc) is 2.67. The molecule has 0 fully saturated rings. The van der Waals surface area contributed by atoms with Crippen LogP contribution in [0.5, 0.6) is 0 Å². The monoisotopic (exact) mass is 223 g/mol. The minimum Gasteiger partial charge on any atom is -0.253 e. The molecule has 15 heavy (non-hydrogen) atoms. The van der Waals surface area contributed by atoms with Gasteiger partial charge in [0.25, 0.3) is 0 Å². The Morgan fingerprint density at radius 3 is 2.60 bits per heavy atom. The van der Waals surface area contributed by atoms with Gasteiger partial charge in [-0.05, 0) is 12.1 Å². The third-order valence-corrected chi connectivity index (χ3v) is 2.87. The highest BCUT2D eigenvalue weighted by Crippen LogP contribution is 2.15. The molecule has 0 unspecified atom stereocenters. The van der Waals surface area contributed by atoms with Crippen LogP contribution in [0.15, 0.2) is 36.8 Å². The minimum absolute atomic E-state index is 0.332. The Hall–Kier alpha value is -1.69. The van der Waals surface area contributed by atoms with Crippen molar-refractivity contribution in [1.82, 2.24) is 13.9 Å². The van der Waals surface area contributed by atoms with Gasteiger partial charge in [0.2, 0.25) is 10.0 Å². The predicted octanol–water partition coefficient (Wildman–Crippen LogP) is 0.753. The molecule has 2 rings (SSSR count). The van der Waals surface area contributed by atoms with E-state index in [-0.39, 0.29) is 0 Å². The van der Waals surface area contributed by atoms with Crippen LogP contribution in [0.1, 0.15) is 0 Å². The Balaban J connectivity index is 2.61. The zero-order valence-electron chi connectivity index (χ0n) is 8.03. The van der Waals surface area contributed by atoms with Crippen LogP contribution in [-0.2, 0) is 10.0 Å². The summed E-state index contributed by atoms with van der Waals surface area (Å²) in [6.45, 7) is 0. The van der Waals surface area contributed by atoms with Crippen molar-refractivity contribution < 1.29 is 8.42 Å². The van der Waals surface area contributed by atoms with Crippen molar-refractivity contribution in [3.8, 4) is 11.5 Å². The molecule has 0 aliphatic rings. The van der Waals surface area contributed by atoms with Crippen molar-refractivity contribution in [3.63, 3.8) is 0 Å². The van der Waals surface area contributed by atoms with E-state index in [1.807, 2.05) is 0 Å². The summed E-state index contributed by atoms with van der Waals surface area (Å²) in [4.78, 5) is 8.02. The summed E-state index contributed by atoms with van der Waals surface area (Å²) in [5.41, 5.74) is 0.535. The molecule has 0 saturated heterocycles. The van der Waals surface area contributed by atoms with Gasteiger partial charge in [-0.25, -0.2) is 17.4 Å². The van der Waals surface area contributed by atoms with Crippen LogP contribution in [-0.4, -0.2) is 28.6 Å². The summed E-state index contributed by atoms with van der Waals surface area (Å²) in [6.07, 6.45) is 5.56. The maximum Gasteiger partial charge on any atom is 0.237 e. The number of rotatable bonds is 2. The van der Waals surface area contributed by atoms with E-state index in [9.17, 15) is 8.42 Å². The van der Waals surface area contributed by atoms with E-state index in [0.29, 0.717) is 11.5 Å². The van der Waals surface area contributed by atoms with Gasteiger partial charge in [0.15, 0.2) is 5.82 Å². The van der Waals surface area contributed by atoms with E-state index >= 15 is 0 Å². The number of hydrogen-bond donors (Lipinski definition) is 0. The second-order valence-corrected chi connectivity index (χ2v) is 4.88. The highest BCUT2D eigenvalue weighted by molar-refractivity contribution is 7.89. The first-order chi connectivity index (χ1) is 7.09. The van der Waals surface area contributed by atoms with E-state index in [4.69, 9.17) is 0 Å². The van der Waals surface area contributed by atoms with Crippen LogP contribution >= 0.6 is 0 Å². The van der Waals surface area contributed by atoms with Gasteiger partial charge in [0.05, 0.1) is 6.26 Å². The van der Waals surface area contributed by atoms with Crippen molar-refractivity contribution in [3.05, 3.63) is 36.8 Å². The third-order valence-electron chi connectivity index (χ3n) is 1.86. The molecule has 2 aromatic rings. The quantitative estimate of drug-likeness (QED) is 0.753. The number of hydrogen-bond acceptors (Lipinski definition) is 4.